The van der Waals surface area contributed by atoms with Crippen LogP contribution in [-0.2, 0) is 5.75 Å². The molecule has 8 heteroatoms. The summed E-state index contributed by atoms with van der Waals surface area (Å²) in [4.78, 5) is 4.65. The highest BCUT2D eigenvalue weighted by atomic mass is 35.5. The molecule has 0 aliphatic carbocycles. The first-order valence-corrected chi connectivity index (χ1v) is 10.2. The number of thiazole rings is 1. The van der Waals surface area contributed by atoms with Gasteiger partial charge in [0.2, 0.25) is 0 Å². The highest BCUT2D eigenvalue weighted by Gasteiger charge is 2.10. The van der Waals surface area contributed by atoms with Gasteiger partial charge in [0.15, 0.2) is 8.68 Å². The van der Waals surface area contributed by atoms with E-state index < -0.39 is 0 Å². The van der Waals surface area contributed by atoms with Gasteiger partial charge in [-0.2, -0.15) is 0 Å². The van der Waals surface area contributed by atoms with E-state index in [2.05, 4.69) is 20.6 Å². The van der Waals surface area contributed by atoms with Crippen LogP contribution in [-0.4, -0.2) is 21.4 Å². The fourth-order valence-electron chi connectivity index (χ4n) is 1.61. The molecule has 0 unspecified atom stereocenters. The zero-order valence-electron chi connectivity index (χ0n) is 10.9. The van der Waals surface area contributed by atoms with Gasteiger partial charge in [-0.3, -0.25) is 0 Å². The van der Waals surface area contributed by atoms with Crippen LogP contribution in [0.1, 0.15) is 5.69 Å². The van der Waals surface area contributed by atoms with Crippen LogP contribution in [0.25, 0.3) is 10.6 Å². The normalized spacial score (nSPS) is 11.0. The fraction of sp³-hybridized carbons (Fsp3) is 0.154. The lowest BCUT2D eigenvalue weighted by molar-refractivity contribution is 0.955. The molecule has 0 saturated carbocycles. The summed E-state index contributed by atoms with van der Waals surface area (Å²) >= 11 is 12.7. The summed E-state index contributed by atoms with van der Waals surface area (Å²) in [6, 6.07) is 7.78. The molecule has 1 aromatic carbocycles. The second-order valence-corrected chi connectivity index (χ2v) is 8.47. The maximum atomic E-state index is 6.20. The number of benzene rings is 1. The molecule has 108 valence electrons. The monoisotopic (exact) mass is 371 g/mol. The van der Waals surface area contributed by atoms with Crippen LogP contribution in [0.3, 0.4) is 0 Å². The van der Waals surface area contributed by atoms with E-state index in [0.717, 1.165) is 35.7 Å². The predicted molar refractivity (Wildman–Crippen MR) is 93.8 cm³/mol. The van der Waals surface area contributed by atoms with Crippen molar-refractivity contribution in [2.24, 2.45) is 0 Å². The smallest absolute Gasteiger partial charge is 0.175 e. The lowest BCUT2D eigenvalue weighted by Crippen LogP contribution is -1.82. The zero-order valence-corrected chi connectivity index (χ0v) is 15.0. The van der Waals surface area contributed by atoms with E-state index in [-0.39, 0.29) is 0 Å². The molecular weight excluding hydrogens is 362 g/mol. The SMILES string of the molecule is CSc1nnc(SCc2csc(-c3ccccc3Cl)n2)s1. The Labute approximate surface area is 144 Å². The first kappa shape index (κ1) is 15.3. The van der Waals surface area contributed by atoms with Gasteiger partial charge in [-0.25, -0.2) is 4.98 Å². The summed E-state index contributed by atoms with van der Waals surface area (Å²) in [5.41, 5.74) is 2.03. The molecule has 3 nitrogen and oxygen atoms in total. The summed E-state index contributed by atoms with van der Waals surface area (Å²) in [5.74, 6) is 0.796. The standard InChI is InChI=1S/C13H10ClN3S4/c1-18-12-16-17-13(21-12)20-7-8-6-19-11(15-8)9-4-2-3-5-10(9)14/h2-6H,7H2,1H3. The zero-order chi connectivity index (χ0) is 14.7. The van der Waals surface area contributed by atoms with Gasteiger partial charge >= 0.3 is 0 Å². The molecular formula is C13H10ClN3S4. The molecule has 0 spiro atoms. The minimum Gasteiger partial charge on any atom is -0.240 e. The maximum absolute atomic E-state index is 6.20. The van der Waals surface area contributed by atoms with Crippen LogP contribution in [0.15, 0.2) is 38.3 Å². The third-order valence-electron chi connectivity index (χ3n) is 2.56. The maximum Gasteiger partial charge on any atom is 0.175 e. The van der Waals surface area contributed by atoms with Crippen molar-refractivity contribution in [3.05, 3.63) is 40.4 Å². The summed E-state index contributed by atoms with van der Waals surface area (Å²) in [7, 11) is 0. The minimum atomic E-state index is 0.736. The van der Waals surface area contributed by atoms with E-state index in [0.29, 0.717) is 0 Å². The lowest BCUT2D eigenvalue weighted by atomic mass is 10.2. The number of nitrogens with zero attached hydrogens (tertiary/aromatic N) is 3. The molecule has 0 N–H and O–H groups in total. The first-order chi connectivity index (χ1) is 10.3. The van der Waals surface area contributed by atoms with Crippen molar-refractivity contribution in [1.82, 2.24) is 15.2 Å². The van der Waals surface area contributed by atoms with Gasteiger partial charge in [0.05, 0.1) is 10.7 Å². The third kappa shape index (κ3) is 3.78. The van der Waals surface area contributed by atoms with Crippen molar-refractivity contribution in [2.45, 2.75) is 14.4 Å². The Morgan fingerprint density at radius 3 is 2.76 bits per heavy atom. The van der Waals surface area contributed by atoms with Crippen LogP contribution >= 0.6 is 57.8 Å². The van der Waals surface area contributed by atoms with E-state index in [9.17, 15) is 0 Å². The molecule has 0 aliphatic heterocycles. The van der Waals surface area contributed by atoms with Crippen LogP contribution in [0.5, 0.6) is 0 Å². The topological polar surface area (TPSA) is 38.7 Å². The summed E-state index contributed by atoms with van der Waals surface area (Å²) in [5, 5.41) is 12.0. The minimum absolute atomic E-state index is 0.736. The Morgan fingerprint density at radius 2 is 2.00 bits per heavy atom. The van der Waals surface area contributed by atoms with E-state index in [1.807, 2.05) is 30.5 Å². The van der Waals surface area contributed by atoms with Crippen molar-refractivity contribution in [2.75, 3.05) is 6.26 Å². The average Bonchev–Trinajstić information content (AvgIpc) is 3.14. The Bertz CT molecular complexity index is 740. The van der Waals surface area contributed by atoms with E-state index in [4.69, 9.17) is 11.6 Å². The molecule has 3 rings (SSSR count). The first-order valence-electron chi connectivity index (χ1n) is 5.96. The fourth-order valence-corrected chi connectivity index (χ4v) is 5.18. The van der Waals surface area contributed by atoms with Gasteiger partial charge in [0.25, 0.3) is 0 Å². The van der Waals surface area contributed by atoms with Gasteiger partial charge in [0.1, 0.15) is 5.01 Å². The van der Waals surface area contributed by atoms with Gasteiger partial charge in [0, 0.05) is 16.7 Å². The molecule has 2 aromatic heterocycles. The Morgan fingerprint density at radius 1 is 1.19 bits per heavy atom. The van der Waals surface area contributed by atoms with Crippen molar-refractivity contribution < 1.29 is 0 Å². The van der Waals surface area contributed by atoms with Crippen LogP contribution < -0.4 is 0 Å². The van der Waals surface area contributed by atoms with Gasteiger partial charge in [-0.1, -0.05) is 64.7 Å². The van der Waals surface area contributed by atoms with Gasteiger partial charge < -0.3 is 0 Å². The Balaban J connectivity index is 1.69. The number of halogens is 1. The Kier molecular flexibility index (Phi) is 5.18. The second-order valence-electron chi connectivity index (χ2n) is 3.95. The average molecular weight is 372 g/mol. The molecule has 0 atom stereocenters. The highest BCUT2D eigenvalue weighted by molar-refractivity contribution is 8.02. The molecule has 0 aliphatic rings. The van der Waals surface area contributed by atoms with Gasteiger partial charge in [-0.15, -0.1) is 21.5 Å². The van der Waals surface area contributed by atoms with E-state index >= 15 is 0 Å². The number of hydrogen-bond donors (Lipinski definition) is 0. The largest absolute Gasteiger partial charge is 0.240 e. The van der Waals surface area contributed by atoms with Crippen LogP contribution in [0, 0.1) is 0 Å². The Hall–Kier alpha value is -0.600. The van der Waals surface area contributed by atoms with E-state index in [1.165, 1.54) is 0 Å². The van der Waals surface area contributed by atoms with Gasteiger partial charge in [-0.05, 0) is 12.3 Å². The van der Waals surface area contributed by atoms with E-state index in [1.54, 1.807) is 46.2 Å². The molecule has 0 fully saturated rings. The van der Waals surface area contributed by atoms with Crippen molar-refractivity contribution in [3.63, 3.8) is 0 Å². The van der Waals surface area contributed by atoms with Crippen LogP contribution in [0.2, 0.25) is 5.02 Å². The third-order valence-corrected chi connectivity index (χ3v) is 6.88. The molecule has 0 radical (unpaired) electrons. The quantitative estimate of drug-likeness (QED) is 0.567. The summed E-state index contributed by atoms with van der Waals surface area (Å²) < 4.78 is 1.97. The van der Waals surface area contributed by atoms with Crippen molar-refractivity contribution >= 4 is 57.8 Å². The molecule has 0 bridgehead atoms. The van der Waals surface area contributed by atoms with Crippen LogP contribution in [0.4, 0.5) is 0 Å². The number of aromatic nitrogens is 3. The lowest BCUT2D eigenvalue weighted by Gasteiger charge is -1.98. The molecule has 21 heavy (non-hydrogen) atoms. The highest BCUT2D eigenvalue weighted by Crippen LogP contribution is 2.33. The summed E-state index contributed by atoms with van der Waals surface area (Å²) in [6.45, 7) is 0. The number of hydrogen-bond acceptors (Lipinski definition) is 7. The number of thioether (sulfide) groups is 2. The predicted octanol–water partition coefficient (Wildman–Crippen LogP) is 5.33. The number of rotatable bonds is 5. The molecule has 0 saturated heterocycles. The summed E-state index contributed by atoms with van der Waals surface area (Å²) in [6.07, 6.45) is 2.01. The van der Waals surface area contributed by atoms with Crippen molar-refractivity contribution in [1.29, 1.82) is 0 Å². The van der Waals surface area contributed by atoms with Crippen molar-refractivity contribution in [3.8, 4) is 10.6 Å². The molecule has 3 aromatic rings. The molecule has 0 amide bonds. The molecule has 2 heterocycles. The second kappa shape index (κ2) is 7.11.